The van der Waals surface area contributed by atoms with Crippen LogP contribution in [0.4, 0.5) is 0 Å². The second kappa shape index (κ2) is 6.29. The lowest BCUT2D eigenvalue weighted by atomic mass is 9.88. The second-order valence-electron chi connectivity index (χ2n) is 5.58. The van der Waals surface area contributed by atoms with Gasteiger partial charge in [0.1, 0.15) is 5.75 Å². The van der Waals surface area contributed by atoms with Gasteiger partial charge in [0.2, 0.25) is 0 Å². The van der Waals surface area contributed by atoms with E-state index in [1.165, 1.54) is 27.8 Å². The van der Waals surface area contributed by atoms with Gasteiger partial charge in [-0.05, 0) is 67.1 Å². The summed E-state index contributed by atoms with van der Waals surface area (Å²) in [5.41, 5.74) is 10.2. The van der Waals surface area contributed by atoms with Crippen molar-refractivity contribution in [1.82, 2.24) is 5.43 Å². The Kier molecular flexibility index (Phi) is 4.66. The van der Waals surface area contributed by atoms with E-state index in [9.17, 15) is 0 Å². The molecule has 0 fully saturated rings. The van der Waals surface area contributed by atoms with E-state index in [4.69, 9.17) is 10.6 Å². The molecule has 3 heteroatoms. The molecule has 2 aromatic carbocycles. The summed E-state index contributed by atoms with van der Waals surface area (Å²) in [6.45, 7) is 8.39. The summed E-state index contributed by atoms with van der Waals surface area (Å²) in [5, 5.41) is 0. The molecule has 0 aliphatic carbocycles. The van der Waals surface area contributed by atoms with Crippen LogP contribution in [0.3, 0.4) is 0 Å². The summed E-state index contributed by atoms with van der Waals surface area (Å²) < 4.78 is 5.40. The Morgan fingerprint density at radius 3 is 2.10 bits per heavy atom. The van der Waals surface area contributed by atoms with E-state index in [1.807, 2.05) is 0 Å². The van der Waals surface area contributed by atoms with Crippen molar-refractivity contribution in [3.8, 4) is 5.75 Å². The van der Waals surface area contributed by atoms with Crippen molar-refractivity contribution in [3.63, 3.8) is 0 Å². The standard InChI is InChI=1S/C18H24N2O/c1-11-7-6-8-12(2)17(11)18(20-19)15-9-14(4)16(21-5)10-13(15)3/h6-10,18,20H,19H2,1-5H3. The predicted octanol–water partition coefficient (Wildman–Crippen LogP) is 3.48. The monoisotopic (exact) mass is 284 g/mol. The first kappa shape index (κ1) is 15.5. The van der Waals surface area contributed by atoms with Crippen LogP contribution in [-0.2, 0) is 0 Å². The summed E-state index contributed by atoms with van der Waals surface area (Å²) in [7, 11) is 1.70. The highest BCUT2D eigenvalue weighted by molar-refractivity contribution is 5.48. The molecule has 2 aromatic rings. The molecule has 0 saturated carbocycles. The fraction of sp³-hybridized carbons (Fsp3) is 0.333. The number of benzene rings is 2. The van der Waals surface area contributed by atoms with E-state index in [0.29, 0.717) is 0 Å². The molecule has 3 nitrogen and oxygen atoms in total. The van der Waals surface area contributed by atoms with Crippen LogP contribution in [0.25, 0.3) is 0 Å². The van der Waals surface area contributed by atoms with Gasteiger partial charge in [-0.15, -0.1) is 0 Å². The Balaban J connectivity index is 2.60. The van der Waals surface area contributed by atoms with Crippen molar-refractivity contribution in [2.45, 2.75) is 33.7 Å². The average molecular weight is 284 g/mol. The van der Waals surface area contributed by atoms with Crippen LogP contribution >= 0.6 is 0 Å². The van der Waals surface area contributed by atoms with Crippen LogP contribution in [0.15, 0.2) is 30.3 Å². The van der Waals surface area contributed by atoms with E-state index in [1.54, 1.807) is 7.11 Å². The summed E-state index contributed by atoms with van der Waals surface area (Å²) >= 11 is 0. The van der Waals surface area contributed by atoms with E-state index >= 15 is 0 Å². The van der Waals surface area contributed by atoms with Gasteiger partial charge in [-0.1, -0.05) is 24.3 Å². The Bertz CT molecular complexity index is 630. The van der Waals surface area contributed by atoms with Gasteiger partial charge in [0.05, 0.1) is 13.2 Å². The molecule has 0 radical (unpaired) electrons. The number of hydrogen-bond donors (Lipinski definition) is 2. The third-order valence-electron chi connectivity index (χ3n) is 4.09. The van der Waals surface area contributed by atoms with Crippen molar-refractivity contribution < 1.29 is 4.74 Å². The van der Waals surface area contributed by atoms with Gasteiger partial charge in [-0.2, -0.15) is 0 Å². The zero-order valence-electron chi connectivity index (χ0n) is 13.4. The molecule has 0 heterocycles. The normalized spacial score (nSPS) is 12.3. The van der Waals surface area contributed by atoms with Crippen molar-refractivity contribution in [2.24, 2.45) is 5.84 Å². The summed E-state index contributed by atoms with van der Waals surface area (Å²) in [6.07, 6.45) is 0. The number of methoxy groups -OCH3 is 1. The molecule has 0 aliphatic rings. The van der Waals surface area contributed by atoms with Crippen LogP contribution in [0.1, 0.15) is 39.4 Å². The fourth-order valence-corrected chi connectivity index (χ4v) is 2.95. The van der Waals surface area contributed by atoms with E-state index < -0.39 is 0 Å². The minimum Gasteiger partial charge on any atom is -0.496 e. The lowest BCUT2D eigenvalue weighted by molar-refractivity contribution is 0.411. The summed E-state index contributed by atoms with van der Waals surface area (Å²) in [4.78, 5) is 0. The molecule has 0 saturated heterocycles. The molecular weight excluding hydrogens is 260 g/mol. The molecule has 0 bridgehead atoms. The highest BCUT2D eigenvalue weighted by Gasteiger charge is 2.19. The Labute approximate surface area is 127 Å². The smallest absolute Gasteiger partial charge is 0.122 e. The molecule has 21 heavy (non-hydrogen) atoms. The number of ether oxygens (including phenoxy) is 1. The number of aryl methyl sites for hydroxylation is 4. The molecule has 1 atom stereocenters. The van der Waals surface area contributed by atoms with Crippen molar-refractivity contribution in [2.75, 3.05) is 7.11 Å². The molecule has 2 rings (SSSR count). The van der Waals surface area contributed by atoms with Crippen LogP contribution in [0, 0.1) is 27.7 Å². The Morgan fingerprint density at radius 1 is 0.952 bits per heavy atom. The number of hydrazine groups is 1. The Hall–Kier alpha value is -1.84. The minimum atomic E-state index is -0.0178. The van der Waals surface area contributed by atoms with Crippen molar-refractivity contribution in [3.05, 3.63) is 63.7 Å². The molecular formula is C18H24N2O. The van der Waals surface area contributed by atoms with Crippen molar-refractivity contribution in [1.29, 1.82) is 0 Å². The van der Waals surface area contributed by atoms with E-state index in [2.05, 4.69) is 63.5 Å². The molecule has 112 valence electrons. The predicted molar refractivity (Wildman–Crippen MR) is 87.6 cm³/mol. The Morgan fingerprint density at radius 2 is 1.57 bits per heavy atom. The average Bonchev–Trinajstić information content (AvgIpc) is 2.45. The van der Waals surface area contributed by atoms with Crippen LogP contribution in [0.5, 0.6) is 5.75 Å². The molecule has 0 aromatic heterocycles. The second-order valence-corrected chi connectivity index (χ2v) is 5.58. The van der Waals surface area contributed by atoms with Crippen LogP contribution in [-0.4, -0.2) is 7.11 Å². The van der Waals surface area contributed by atoms with Crippen molar-refractivity contribution >= 4 is 0 Å². The third kappa shape index (κ3) is 2.94. The highest BCUT2D eigenvalue weighted by Crippen LogP contribution is 2.32. The number of rotatable bonds is 4. The van der Waals surface area contributed by atoms with Gasteiger partial charge in [0.25, 0.3) is 0 Å². The number of nitrogens with two attached hydrogens (primary N) is 1. The number of nitrogens with one attached hydrogen (secondary N) is 1. The zero-order valence-corrected chi connectivity index (χ0v) is 13.4. The fourth-order valence-electron chi connectivity index (χ4n) is 2.95. The van der Waals surface area contributed by atoms with E-state index in [0.717, 1.165) is 11.3 Å². The first-order valence-corrected chi connectivity index (χ1v) is 7.17. The lowest BCUT2D eigenvalue weighted by Gasteiger charge is -2.24. The quantitative estimate of drug-likeness (QED) is 0.667. The topological polar surface area (TPSA) is 47.3 Å². The summed E-state index contributed by atoms with van der Waals surface area (Å²) in [6, 6.07) is 10.5. The maximum absolute atomic E-state index is 5.88. The lowest BCUT2D eigenvalue weighted by Crippen LogP contribution is -2.30. The SMILES string of the molecule is COc1cc(C)c(C(NN)c2c(C)cccc2C)cc1C. The highest BCUT2D eigenvalue weighted by atomic mass is 16.5. The zero-order chi connectivity index (χ0) is 15.6. The van der Waals surface area contributed by atoms with Crippen LogP contribution < -0.4 is 16.0 Å². The maximum Gasteiger partial charge on any atom is 0.122 e. The first-order valence-electron chi connectivity index (χ1n) is 7.17. The van der Waals surface area contributed by atoms with Gasteiger partial charge >= 0.3 is 0 Å². The largest absolute Gasteiger partial charge is 0.496 e. The molecule has 3 N–H and O–H groups in total. The minimum absolute atomic E-state index is 0.0178. The van der Waals surface area contributed by atoms with Crippen LogP contribution in [0.2, 0.25) is 0 Å². The molecule has 1 unspecified atom stereocenters. The van der Waals surface area contributed by atoms with Gasteiger partial charge in [0, 0.05) is 0 Å². The van der Waals surface area contributed by atoms with E-state index in [-0.39, 0.29) is 6.04 Å². The third-order valence-corrected chi connectivity index (χ3v) is 4.09. The summed E-state index contributed by atoms with van der Waals surface area (Å²) in [5.74, 6) is 6.79. The van der Waals surface area contributed by atoms with Gasteiger partial charge < -0.3 is 4.74 Å². The number of hydrogen-bond acceptors (Lipinski definition) is 3. The maximum atomic E-state index is 5.88. The van der Waals surface area contributed by atoms with Gasteiger partial charge in [-0.25, -0.2) is 5.43 Å². The first-order chi connectivity index (χ1) is 9.99. The molecule has 0 amide bonds. The molecule has 0 aliphatic heterocycles. The van der Waals surface area contributed by atoms with Gasteiger partial charge in [0.15, 0.2) is 0 Å². The van der Waals surface area contributed by atoms with Gasteiger partial charge in [-0.3, -0.25) is 5.84 Å². The molecule has 0 spiro atoms.